The summed E-state index contributed by atoms with van der Waals surface area (Å²) in [5.74, 6) is 2.51. The van der Waals surface area contributed by atoms with Gasteiger partial charge in [0.2, 0.25) is 5.95 Å². The van der Waals surface area contributed by atoms with E-state index in [0.29, 0.717) is 11.7 Å². The summed E-state index contributed by atoms with van der Waals surface area (Å²) >= 11 is 1.70. The van der Waals surface area contributed by atoms with Crippen LogP contribution in [0, 0.1) is 6.92 Å². The molecule has 0 bridgehead atoms. The number of hydrogen-bond acceptors (Lipinski definition) is 5. The van der Waals surface area contributed by atoms with Crippen LogP contribution in [0.5, 0.6) is 0 Å². The lowest BCUT2D eigenvalue weighted by Crippen LogP contribution is -2.05. The van der Waals surface area contributed by atoms with Crippen LogP contribution >= 0.6 is 11.8 Å². The predicted molar refractivity (Wildman–Crippen MR) is 74.4 cm³/mol. The Morgan fingerprint density at radius 3 is 2.39 bits per heavy atom. The molecular weight excluding hydrogens is 244 g/mol. The smallest absolute Gasteiger partial charge is 0.223 e. The molecular formula is C13H16N4S. The maximum absolute atomic E-state index is 5.65. The van der Waals surface area contributed by atoms with Gasteiger partial charge in [-0.2, -0.15) is 9.97 Å². The summed E-state index contributed by atoms with van der Waals surface area (Å²) in [5.41, 5.74) is 6.91. The third-order valence-electron chi connectivity index (χ3n) is 2.45. The van der Waals surface area contributed by atoms with E-state index in [0.717, 1.165) is 18.1 Å². The molecule has 1 aromatic heterocycles. The van der Waals surface area contributed by atoms with Gasteiger partial charge < -0.3 is 5.73 Å². The molecule has 2 aromatic rings. The molecule has 0 amide bonds. The Balaban J connectivity index is 2.05. The number of benzene rings is 1. The summed E-state index contributed by atoms with van der Waals surface area (Å²) in [4.78, 5) is 13.8. The molecule has 2 N–H and O–H groups in total. The van der Waals surface area contributed by atoms with Gasteiger partial charge in [0.25, 0.3) is 0 Å². The summed E-state index contributed by atoms with van der Waals surface area (Å²) in [5, 5.41) is 0. The van der Waals surface area contributed by atoms with Gasteiger partial charge in [-0.15, -0.1) is 11.8 Å². The molecule has 0 aliphatic carbocycles. The monoisotopic (exact) mass is 260 g/mol. The standard InChI is InChI=1S/C13H16N4S/c1-3-11-15-12(17-13(14)16-11)8-18-10-6-4-9(2)5-7-10/h4-7H,3,8H2,1-2H3,(H2,14,15,16,17). The van der Waals surface area contributed by atoms with Crippen molar-refractivity contribution in [3.63, 3.8) is 0 Å². The van der Waals surface area contributed by atoms with Gasteiger partial charge in [0.05, 0.1) is 5.75 Å². The van der Waals surface area contributed by atoms with Crippen molar-refractivity contribution in [1.29, 1.82) is 0 Å². The maximum atomic E-state index is 5.65. The van der Waals surface area contributed by atoms with E-state index in [4.69, 9.17) is 5.73 Å². The van der Waals surface area contributed by atoms with Gasteiger partial charge >= 0.3 is 0 Å². The van der Waals surface area contributed by atoms with Crippen molar-refractivity contribution < 1.29 is 0 Å². The second kappa shape index (κ2) is 5.82. The molecule has 0 aliphatic rings. The van der Waals surface area contributed by atoms with Gasteiger partial charge in [-0.1, -0.05) is 24.6 Å². The van der Waals surface area contributed by atoms with Crippen LogP contribution in [0.2, 0.25) is 0 Å². The Morgan fingerprint density at radius 1 is 1.06 bits per heavy atom. The normalized spacial score (nSPS) is 10.6. The molecule has 0 fully saturated rings. The minimum Gasteiger partial charge on any atom is -0.368 e. The zero-order chi connectivity index (χ0) is 13.0. The van der Waals surface area contributed by atoms with E-state index in [1.165, 1.54) is 10.5 Å². The van der Waals surface area contributed by atoms with Crippen LogP contribution in [-0.2, 0) is 12.2 Å². The number of aryl methyl sites for hydroxylation is 2. The van der Waals surface area contributed by atoms with Crippen LogP contribution in [0.3, 0.4) is 0 Å². The van der Waals surface area contributed by atoms with E-state index in [1.54, 1.807) is 11.8 Å². The molecule has 0 aliphatic heterocycles. The number of thioether (sulfide) groups is 1. The molecule has 1 aromatic carbocycles. The Kier molecular flexibility index (Phi) is 4.15. The average Bonchev–Trinajstić information content (AvgIpc) is 2.37. The van der Waals surface area contributed by atoms with Crippen molar-refractivity contribution in [2.45, 2.75) is 30.9 Å². The first kappa shape index (κ1) is 12.8. The van der Waals surface area contributed by atoms with E-state index >= 15 is 0 Å². The second-order valence-electron chi connectivity index (χ2n) is 3.98. The van der Waals surface area contributed by atoms with Crippen LogP contribution in [0.15, 0.2) is 29.2 Å². The fraction of sp³-hybridized carbons (Fsp3) is 0.308. The second-order valence-corrected chi connectivity index (χ2v) is 5.03. The molecule has 4 nitrogen and oxygen atoms in total. The first-order chi connectivity index (χ1) is 8.67. The fourth-order valence-corrected chi connectivity index (χ4v) is 2.25. The molecule has 2 rings (SSSR count). The minimum atomic E-state index is 0.307. The number of nitrogen functional groups attached to an aromatic ring is 1. The van der Waals surface area contributed by atoms with Crippen LogP contribution in [-0.4, -0.2) is 15.0 Å². The molecule has 0 unspecified atom stereocenters. The maximum Gasteiger partial charge on any atom is 0.223 e. The summed E-state index contributed by atoms with van der Waals surface area (Å²) in [6.45, 7) is 4.08. The molecule has 0 saturated heterocycles. The van der Waals surface area contributed by atoms with Crippen molar-refractivity contribution in [2.75, 3.05) is 5.73 Å². The van der Waals surface area contributed by atoms with Crippen LogP contribution in [0.25, 0.3) is 0 Å². The zero-order valence-electron chi connectivity index (χ0n) is 10.6. The highest BCUT2D eigenvalue weighted by Gasteiger charge is 2.04. The quantitative estimate of drug-likeness (QED) is 0.856. The number of nitrogens with zero attached hydrogens (tertiary/aromatic N) is 3. The van der Waals surface area contributed by atoms with Gasteiger partial charge in [0, 0.05) is 11.3 Å². The van der Waals surface area contributed by atoms with E-state index in [1.807, 2.05) is 6.92 Å². The molecule has 18 heavy (non-hydrogen) atoms. The Morgan fingerprint density at radius 2 is 1.72 bits per heavy atom. The molecule has 5 heteroatoms. The van der Waals surface area contributed by atoms with Crippen molar-refractivity contribution in [1.82, 2.24) is 15.0 Å². The number of hydrogen-bond donors (Lipinski definition) is 1. The lowest BCUT2D eigenvalue weighted by atomic mass is 10.2. The minimum absolute atomic E-state index is 0.307. The summed E-state index contributed by atoms with van der Waals surface area (Å²) in [6, 6.07) is 8.40. The van der Waals surface area contributed by atoms with Crippen molar-refractivity contribution in [2.24, 2.45) is 0 Å². The Bertz CT molecular complexity index is 525. The number of nitrogens with two attached hydrogens (primary N) is 1. The summed E-state index contributed by atoms with van der Waals surface area (Å²) in [6.07, 6.45) is 0.773. The lowest BCUT2D eigenvalue weighted by Gasteiger charge is -2.04. The van der Waals surface area contributed by atoms with Crippen LogP contribution in [0.4, 0.5) is 5.95 Å². The molecule has 1 heterocycles. The molecule has 0 atom stereocenters. The molecule has 0 spiro atoms. The van der Waals surface area contributed by atoms with E-state index in [-0.39, 0.29) is 0 Å². The van der Waals surface area contributed by atoms with E-state index < -0.39 is 0 Å². The van der Waals surface area contributed by atoms with Gasteiger partial charge in [-0.3, -0.25) is 0 Å². The van der Waals surface area contributed by atoms with E-state index in [9.17, 15) is 0 Å². The van der Waals surface area contributed by atoms with Crippen molar-refractivity contribution in [3.05, 3.63) is 41.5 Å². The highest BCUT2D eigenvalue weighted by molar-refractivity contribution is 7.98. The molecule has 0 saturated carbocycles. The van der Waals surface area contributed by atoms with Crippen LogP contribution < -0.4 is 5.73 Å². The molecule has 94 valence electrons. The highest BCUT2D eigenvalue weighted by Crippen LogP contribution is 2.21. The Labute approximate surface area is 111 Å². The van der Waals surface area contributed by atoms with Crippen molar-refractivity contribution in [3.8, 4) is 0 Å². The van der Waals surface area contributed by atoms with Crippen LogP contribution in [0.1, 0.15) is 24.1 Å². The first-order valence-electron chi connectivity index (χ1n) is 5.86. The summed E-state index contributed by atoms with van der Waals surface area (Å²) < 4.78 is 0. The van der Waals surface area contributed by atoms with Gasteiger partial charge in [-0.05, 0) is 19.1 Å². The first-order valence-corrected chi connectivity index (χ1v) is 6.84. The summed E-state index contributed by atoms with van der Waals surface area (Å²) in [7, 11) is 0. The highest BCUT2D eigenvalue weighted by atomic mass is 32.2. The number of anilines is 1. The average molecular weight is 260 g/mol. The van der Waals surface area contributed by atoms with Gasteiger partial charge in [0.15, 0.2) is 0 Å². The Hall–Kier alpha value is -1.62. The lowest BCUT2D eigenvalue weighted by molar-refractivity contribution is 0.866. The molecule has 0 radical (unpaired) electrons. The van der Waals surface area contributed by atoms with Gasteiger partial charge in [0.1, 0.15) is 11.6 Å². The zero-order valence-corrected chi connectivity index (χ0v) is 11.4. The third kappa shape index (κ3) is 3.43. The predicted octanol–water partition coefficient (Wildman–Crippen LogP) is 2.62. The number of aromatic nitrogens is 3. The van der Waals surface area contributed by atoms with Crippen molar-refractivity contribution >= 4 is 17.7 Å². The topological polar surface area (TPSA) is 64.7 Å². The third-order valence-corrected chi connectivity index (χ3v) is 3.46. The number of rotatable bonds is 4. The largest absolute Gasteiger partial charge is 0.368 e. The van der Waals surface area contributed by atoms with E-state index in [2.05, 4.69) is 46.1 Å². The SMILES string of the molecule is CCc1nc(N)nc(CSc2ccc(C)cc2)n1. The fourth-order valence-electron chi connectivity index (χ4n) is 1.49. The van der Waals surface area contributed by atoms with Gasteiger partial charge in [-0.25, -0.2) is 4.98 Å².